The van der Waals surface area contributed by atoms with Crippen molar-refractivity contribution < 1.29 is 4.74 Å². The average Bonchev–Trinajstić information content (AvgIpc) is 2.50. The second-order valence-corrected chi connectivity index (χ2v) is 5.84. The van der Waals surface area contributed by atoms with Crippen molar-refractivity contribution in [1.29, 1.82) is 0 Å². The second-order valence-electron chi connectivity index (χ2n) is 5.84. The maximum Gasteiger partial charge on any atom is 0.0789 e. The molecule has 0 radical (unpaired) electrons. The van der Waals surface area contributed by atoms with Crippen LogP contribution in [-0.4, -0.2) is 24.7 Å². The van der Waals surface area contributed by atoms with Crippen molar-refractivity contribution in [2.45, 2.75) is 39.3 Å². The van der Waals surface area contributed by atoms with E-state index in [1.807, 2.05) is 18.3 Å². The van der Waals surface area contributed by atoms with E-state index in [4.69, 9.17) is 4.74 Å². The number of benzene rings is 1. The minimum Gasteiger partial charge on any atom is -0.379 e. The summed E-state index contributed by atoms with van der Waals surface area (Å²) in [4.78, 5) is 4.59. The van der Waals surface area contributed by atoms with Gasteiger partial charge < -0.3 is 10.1 Å². The van der Waals surface area contributed by atoms with Gasteiger partial charge in [-0.25, -0.2) is 0 Å². The van der Waals surface area contributed by atoms with Gasteiger partial charge in [-0.3, -0.25) is 4.98 Å². The molecule has 0 spiro atoms. The van der Waals surface area contributed by atoms with Crippen LogP contribution in [0.2, 0.25) is 0 Å². The third-order valence-electron chi connectivity index (χ3n) is 3.84. The van der Waals surface area contributed by atoms with Crippen molar-refractivity contribution in [3.8, 4) is 0 Å². The Hall–Kier alpha value is -1.45. The van der Waals surface area contributed by atoms with Crippen LogP contribution in [0.25, 0.3) is 10.9 Å². The molecule has 3 heteroatoms. The van der Waals surface area contributed by atoms with E-state index in [0.717, 1.165) is 18.5 Å². The Morgan fingerprint density at radius 2 is 2.00 bits per heavy atom. The van der Waals surface area contributed by atoms with E-state index in [9.17, 15) is 0 Å². The quantitative estimate of drug-likeness (QED) is 0.837. The highest BCUT2D eigenvalue weighted by atomic mass is 16.5. The number of nitrogens with zero attached hydrogens (tertiary/aromatic N) is 1. The first kappa shape index (κ1) is 15.9. The Morgan fingerprint density at radius 3 is 2.67 bits per heavy atom. The molecule has 114 valence electrons. The van der Waals surface area contributed by atoms with Crippen LogP contribution in [-0.2, 0) is 4.74 Å². The number of para-hydroxylation sites is 1. The van der Waals surface area contributed by atoms with E-state index in [0.29, 0.717) is 5.92 Å². The largest absolute Gasteiger partial charge is 0.379 e. The van der Waals surface area contributed by atoms with E-state index in [2.05, 4.69) is 49.3 Å². The van der Waals surface area contributed by atoms with Crippen LogP contribution >= 0.6 is 0 Å². The molecule has 0 bridgehead atoms. The second kappa shape index (κ2) is 7.53. The van der Waals surface area contributed by atoms with Gasteiger partial charge in [-0.15, -0.1) is 0 Å². The number of methoxy groups -OCH3 is 1. The molecular weight excluding hydrogens is 260 g/mol. The van der Waals surface area contributed by atoms with Gasteiger partial charge in [-0.05, 0) is 36.6 Å². The Labute approximate surface area is 127 Å². The van der Waals surface area contributed by atoms with Gasteiger partial charge >= 0.3 is 0 Å². The molecule has 3 nitrogen and oxygen atoms in total. The standard InChI is InChI=1S/C18H26N2O/c1-5-10-19-17(18(21-4)13(2)3)15-11-14-8-6-7-9-16(14)20-12-15/h6-9,11-13,17-19H,5,10H2,1-4H3. The lowest BCUT2D eigenvalue weighted by molar-refractivity contribution is 0.0326. The highest BCUT2D eigenvalue weighted by molar-refractivity contribution is 5.78. The number of pyridine rings is 1. The third-order valence-corrected chi connectivity index (χ3v) is 3.84. The maximum absolute atomic E-state index is 5.75. The maximum atomic E-state index is 5.75. The van der Waals surface area contributed by atoms with Crippen molar-refractivity contribution in [3.05, 3.63) is 42.1 Å². The van der Waals surface area contributed by atoms with Crippen LogP contribution in [0.4, 0.5) is 0 Å². The SMILES string of the molecule is CCCNC(c1cnc2ccccc2c1)C(OC)C(C)C. The molecule has 2 aromatic rings. The van der Waals surface area contributed by atoms with E-state index in [1.54, 1.807) is 7.11 Å². The van der Waals surface area contributed by atoms with Crippen LogP contribution in [0.1, 0.15) is 38.8 Å². The van der Waals surface area contributed by atoms with E-state index in [1.165, 1.54) is 10.9 Å². The van der Waals surface area contributed by atoms with Gasteiger partial charge in [0.25, 0.3) is 0 Å². The monoisotopic (exact) mass is 286 g/mol. The summed E-state index contributed by atoms with van der Waals surface area (Å²) in [6, 6.07) is 10.6. The number of fused-ring (bicyclic) bond motifs is 1. The highest BCUT2D eigenvalue weighted by Gasteiger charge is 2.25. The number of nitrogens with one attached hydrogen (secondary N) is 1. The molecule has 1 N–H and O–H groups in total. The van der Waals surface area contributed by atoms with E-state index >= 15 is 0 Å². The zero-order chi connectivity index (χ0) is 15.2. The zero-order valence-electron chi connectivity index (χ0n) is 13.5. The summed E-state index contributed by atoms with van der Waals surface area (Å²) in [6.45, 7) is 7.55. The van der Waals surface area contributed by atoms with Crippen molar-refractivity contribution in [3.63, 3.8) is 0 Å². The van der Waals surface area contributed by atoms with Crippen molar-refractivity contribution in [2.75, 3.05) is 13.7 Å². The van der Waals surface area contributed by atoms with Crippen LogP contribution in [0.5, 0.6) is 0 Å². The van der Waals surface area contributed by atoms with Crippen LogP contribution < -0.4 is 5.32 Å². The predicted molar refractivity (Wildman–Crippen MR) is 88.4 cm³/mol. The molecule has 0 saturated carbocycles. The first-order valence-corrected chi connectivity index (χ1v) is 7.78. The molecule has 2 rings (SSSR count). The number of ether oxygens (including phenoxy) is 1. The number of hydrogen-bond acceptors (Lipinski definition) is 3. The number of hydrogen-bond donors (Lipinski definition) is 1. The van der Waals surface area contributed by atoms with E-state index < -0.39 is 0 Å². The topological polar surface area (TPSA) is 34.2 Å². The molecule has 0 aliphatic carbocycles. The summed E-state index contributed by atoms with van der Waals surface area (Å²) < 4.78 is 5.75. The summed E-state index contributed by atoms with van der Waals surface area (Å²) in [6.07, 6.45) is 3.22. The molecule has 0 aliphatic heterocycles. The molecule has 1 aromatic carbocycles. The Balaban J connectivity index is 2.36. The number of aromatic nitrogens is 1. The van der Waals surface area contributed by atoms with Gasteiger partial charge in [0.1, 0.15) is 0 Å². The molecule has 2 unspecified atom stereocenters. The zero-order valence-corrected chi connectivity index (χ0v) is 13.5. The normalized spacial score (nSPS) is 14.5. The van der Waals surface area contributed by atoms with Gasteiger partial charge in [-0.2, -0.15) is 0 Å². The smallest absolute Gasteiger partial charge is 0.0789 e. The summed E-state index contributed by atoms with van der Waals surface area (Å²) in [7, 11) is 1.79. The predicted octanol–water partition coefficient (Wildman–Crippen LogP) is 3.95. The Bertz CT molecular complexity index is 568. The summed E-state index contributed by atoms with van der Waals surface area (Å²) in [5.41, 5.74) is 2.23. The molecule has 1 heterocycles. The van der Waals surface area contributed by atoms with Gasteiger partial charge in [0.2, 0.25) is 0 Å². The van der Waals surface area contributed by atoms with Crippen LogP contribution in [0.15, 0.2) is 36.5 Å². The summed E-state index contributed by atoms with van der Waals surface area (Å²) in [5.74, 6) is 0.441. The number of rotatable bonds is 7. The molecule has 0 saturated heterocycles. The molecule has 0 fully saturated rings. The van der Waals surface area contributed by atoms with Gasteiger partial charge in [0.15, 0.2) is 0 Å². The molecule has 2 atom stereocenters. The summed E-state index contributed by atoms with van der Waals surface area (Å²) >= 11 is 0. The first-order chi connectivity index (χ1) is 10.2. The van der Waals surface area contributed by atoms with Crippen molar-refractivity contribution in [1.82, 2.24) is 10.3 Å². The summed E-state index contributed by atoms with van der Waals surface area (Å²) in [5, 5.41) is 4.80. The van der Waals surface area contributed by atoms with Crippen LogP contribution in [0, 0.1) is 5.92 Å². The Kier molecular flexibility index (Phi) is 5.71. The fraction of sp³-hybridized carbons (Fsp3) is 0.500. The van der Waals surface area contributed by atoms with Crippen LogP contribution in [0.3, 0.4) is 0 Å². The molecule has 21 heavy (non-hydrogen) atoms. The minimum atomic E-state index is 0.138. The molecular formula is C18H26N2O. The molecule has 0 amide bonds. The lowest BCUT2D eigenvalue weighted by atomic mass is 9.93. The fourth-order valence-electron chi connectivity index (χ4n) is 2.77. The van der Waals surface area contributed by atoms with Gasteiger partial charge in [-0.1, -0.05) is 39.0 Å². The van der Waals surface area contributed by atoms with Crippen molar-refractivity contribution >= 4 is 10.9 Å². The molecule has 1 aromatic heterocycles. The molecule has 0 aliphatic rings. The fourth-order valence-corrected chi connectivity index (χ4v) is 2.77. The van der Waals surface area contributed by atoms with Gasteiger partial charge in [0.05, 0.1) is 17.7 Å². The average molecular weight is 286 g/mol. The van der Waals surface area contributed by atoms with Gasteiger partial charge in [0, 0.05) is 18.7 Å². The third kappa shape index (κ3) is 3.80. The lowest BCUT2D eigenvalue weighted by Gasteiger charge is -2.30. The van der Waals surface area contributed by atoms with Crippen molar-refractivity contribution in [2.24, 2.45) is 5.92 Å². The van der Waals surface area contributed by atoms with E-state index in [-0.39, 0.29) is 12.1 Å². The lowest BCUT2D eigenvalue weighted by Crippen LogP contribution is -2.37. The Morgan fingerprint density at radius 1 is 1.24 bits per heavy atom. The first-order valence-electron chi connectivity index (χ1n) is 7.78. The minimum absolute atomic E-state index is 0.138. The highest BCUT2D eigenvalue weighted by Crippen LogP contribution is 2.26.